The molecule has 8 heteroatoms. The summed E-state index contributed by atoms with van der Waals surface area (Å²) in [5.74, 6) is 1.28. The third-order valence-corrected chi connectivity index (χ3v) is 6.08. The van der Waals surface area contributed by atoms with Gasteiger partial charge in [-0.15, -0.1) is 0 Å². The van der Waals surface area contributed by atoms with Crippen LogP contribution in [-0.4, -0.2) is 30.8 Å². The zero-order valence-electron chi connectivity index (χ0n) is 18.0. The van der Waals surface area contributed by atoms with Crippen LogP contribution < -0.4 is 23.7 Å². The van der Waals surface area contributed by atoms with Crippen molar-refractivity contribution in [3.63, 3.8) is 0 Å². The van der Waals surface area contributed by atoms with Crippen LogP contribution in [0, 0.1) is 0 Å². The van der Waals surface area contributed by atoms with Crippen molar-refractivity contribution in [2.24, 2.45) is 0 Å². The number of esters is 1. The first-order valence-corrected chi connectivity index (χ1v) is 10.6. The average molecular weight is 458 g/mol. The van der Waals surface area contributed by atoms with E-state index in [2.05, 4.69) is 0 Å². The van der Waals surface area contributed by atoms with Gasteiger partial charge in [0.05, 0.1) is 19.1 Å². The molecule has 0 saturated heterocycles. The molecule has 6 rings (SSSR count). The molecule has 0 saturated carbocycles. The maximum absolute atomic E-state index is 13.1. The molecule has 8 nitrogen and oxygen atoms in total. The zero-order chi connectivity index (χ0) is 23.4. The maximum atomic E-state index is 13.1. The van der Waals surface area contributed by atoms with Crippen molar-refractivity contribution in [1.29, 1.82) is 0 Å². The molecule has 3 aromatic carbocycles. The van der Waals surface area contributed by atoms with Crippen molar-refractivity contribution >= 4 is 17.8 Å². The van der Waals surface area contributed by atoms with E-state index in [1.807, 2.05) is 12.1 Å². The molecule has 3 aliphatic rings. The first kappa shape index (κ1) is 20.2. The van der Waals surface area contributed by atoms with Crippen LogP contribution in [0.25, 0.3) is 6.08 Å². The molecule has 0 spiro atoms. The molecule has 0 amide bonds. The van der Waals surface area contributed by atoms with Crippen LogP contribution in [-0.2, 0) is 4.79 Å². The predicted octanol–water partition coefficient (Wildman–Crippen LogP) is 4.19. The van der Waals surface area contributed by atoms with Crippen molar-refractivity contribution < 1.29 is 38.4 Å². The van der Waals surface area contributed by atoms with Gasteiger partial charge in [0.2, 0.25) is 12.6 Å². The van der Waals surface area contributed by atoms with Gasteiger partial charge in [-0.1, -0.05) is 12.1 Å². The smallest absolute Gasteiger partial charge is 0.312 e. The summed E-state index contributed by atoms with van der Waals surface area (Å²) >= 11 is 0. The summed E-state index contributed by atoms with van der Waals surface area (Å²) in [5.41, 5.74) is 2.41. The number of rotatable bonds is 3. The Labute approximate surface area is 193 Å². The monoisotopic (exact) mass is 458 g/mol. The predicted molar refractivity (Wildman–Crippen MR) is 119 cm³/mol. The molecule has 3 aliphatic heterocycles. The molecule has 3 aromatic rings. The molecule has 0 aromatic heterocycles. The van der Waals surface area contributed by atoms with Gasteiger partial charge in [-0.2, -0.15) is 0 Å². The summed E-state index contributed by atoms with van der Waals surface area (Å²) in [6.45, 7) is 0.143. The largest absolute Gasteiger partial charge is 0.504 e. The lowest BCUT2D eigenvalue weighted by Gasteiger charge is -2.26. The lowest BCUT2D eigenvalue weighted by Crippen LogP contribution is -2.21. The molecule has 170 valence electrons. The second-order valence-electron chi connectivity index (χ2n) is 8.07. The topological polar surface area (TPSA) is 101 Å². The number of ether oxygens (including phenoxy) is 5. The number of hydrogen-bond acceptors (Lipinski definition) is 8. The molecular formula is C26H18O8. The Kier molecular flexibility index (Phi) is 4.48. The van der Waals surface area contributed by atoms with Crippen molar-refractivity contribution in [1.82, 2.24) is 0 Å². The Hall–Kier alpha value is -4.46. The van der Waals surface area contributed by atoms with Crippen LogP contribution in [0.3, 0.4) is 0 Å². The van der Waals surface area contributed by atoms with Gasteiger partial charge in [-0.25, -0.2) is 0 Å². The number of Topliss-reactive ketones (excluding diaryl/α,β-unsaturated/α-hetero) is 1. The van der Waals surface area contributed by atoms with E-state index in [9.17, 15) is 14.7 Å². The average Bonchev–Trinajstić information content (AvgIpc) is 3.42. The molecule has 3 heterocycles. The van der Waals surface area contributed by atoms with Crippen LogP contribution >= 0.6 is 0 Å². The second-order valence-corrected chi connectivity index (χ2v) is 8.07. The molecule has 0 aliphatic carbocycles. The number of methoxy groups -OCH3 is 1. The van der Waals surface area contributed by atoms with Gasteiger partial charge in [0.1, 0.15) is 11.5 Å². The number of aromatic hydroxyl groups is 1. The van der Waals surface area contributed by atoms with Crippen molar-refractivity contribution in [2.75, 3.05) is 13.9 Å². The molecule has 34 heavy (non-hydrogen) atoms. The Bertz CT molecular complexity index is 1400. The SMILES string of the molecule is COc1ccc(/C=C2\Oc3c(ccc4c3[C@@H](c3ccc5c(c3)OCO5)CC(=O)O4)C2=O)cc1O. The first-order chi connectivity index (χ1) is 16.5. The number of carbonyl (C=O) groups excluding carboxylic acids is 2. The highest BCUT2D eigenvalue weighted by molar-refractivity contribution is 6.15. The molecule has 0 fully saturated rings. The Balaban J connectivity index is 1.42. The minimum Gasteiger partial charge on any atom is -0.504 e. The fraction of sp³-hybridized carbons (Fsp3) is 0.154. The number of hydrogen-bond donors (Lipinski definition) is 1. The molecule has 0 unspecified atom stereocenters. The minimum absolute atomic E-state index is 0.0491. The lowest BCUT2D eigenvalue weighted by molar-refractivity contribution is -0.135. The Morgan fingerprint density at radius 1 is 0.971 bits per heavy atom. The van der Waals surface area contributed by atoms with Gasteiger partial charge in [0.25, 0.3) is 0 Å². The number of phenolic OH excluding ortho intramolecular Hbond substituents is 1. The highest BCUT2D eigenvalue weighted by Gasteiger charge is 2.39. The standard InChI is InChI=1S/C26H18O8/c1-30-18-5-2-13(8-17(18)27)9-22-25(29)15-4-7-20-24(26(15)34-22)16(11-23(28)33-20)14-3-6-19-21(10-14)32-12-31-19/h2-10,16,27H,11-12H2,1H3/b22-9-/t16-/m1/s1. The zero-order valence-corrected chi connectivity index (χ0v) is 18.0. The number of carbonyl (C=O) groups is 2. The highest BCUT2D eigenvalue weighted by atomic mass is 16.7. The summed E-state index contributed by atoms with van der Waals surface area (Å²) in [6.07, 6.45) is 1.64. The van der Waals surface area contributed by atoms with E-state index in [0.29, 0.717) is 45.4 Å². The van der Waals surface area contributed by atoms with Crippen molar-refractivity contribution in [3.05, 3.63) is 76.5 Å². The summed E-state index contributed by atoms with van der Waals surface area (Å²) in [7, 11) is 1.46. The van der Waals surface area contributed by atoms with Crippen LogP contribution in [0.5, 0.6) is 34.5 Å². The third-order valence-electron chi connectivity index (χ3n) is 6.08. The van der Waals surface area contributed by atoms with Gasteiger partial charge in [0.15, 0.2) is 28.8 Å². The van der Waals surface area contributed by atoms with E-state index in [0.717, 1.165) is 5.56 Å². The quantitative estimate of drug-likeness (QED) is 0.354. The fourth-order valence-electron chi connectivity index (χ4n) is 4.47. The Morgan fingerprint density at radius 2 is 1.79 bits per heavy atom. The van der Waals surface area contributed by atoms with Crippen LogP contribution in [0.1, 0.15) is 39.4 Å². The van der Waals surface area contributed by atoms with E-state index in [1.165, 1.54) is 13.2 Å². The number of phenols is 1. The number of fused-ring (bicyclic) bond motifs is 4. The maximum Gasteiger partial charge on any atom is 0.312 e. The normalized spacial score (nSPS) is 18.9. The van der Waals surface area contributed by atoms with Gasteiger partial charge in [-0.3, -0.25) is 9.59 Å². The highest BCUT2D eigenvalue weighted by Crippen LogP contribution is 2.50. The summed E-state index contributed by atoms with van der Waals surface area (Å²) < 4.78 is 27.5. The van der Waals surface area contributed by atoms with E-state index >= 15 is 0 Å². The fourth-order valence-corrected chi connectivity index (χ4v) is 4.47. The van der Waals surface area contributed by atoms with Crippen molar-refractivity contribution in [3.8, 4) is 34.5 Å². The van der Waals surface area contributed by atoms with E-state index in [-0.39, 0.29) is 36.5 Å². The Morgan fingerprint density at radius 3 is 2.62 bits per heavy atom. The second kappa shape index (κ2) is 7.55. The van der Waals surface area contributed by atoms with Crippen molar-refractivity contribution in [2.45, 2.75) is 12.3 Å². The van der Waals surface area contributed by atoms with E-state index in [4.69, 9.17) is 23.7 Å². The van der Waals surface area contributed by atoms with Crippen LogP contribution in [0.4, 0.5) is 0 Å². The number of allylic oxidation sites excluding steroid dienone is 1. The van der Waals surface area contributed by atoms with Gasteiger partial charge < -0.3 is 28.8 Å². The molecule has 1 N–H and O–H groups in total. The van der Waals surface area contributed by atoms with E-state index < -0.39 is 5.92 Å². The molecule has 0 radical (unpaired) electrons. The van der Waals surface area contributed by atoms with Crippen LogP contribution in [0.2, 0.25) is 0 Å². The molecule has 0 bridgehead atoms. The minimum atomic E-state index is -0.391. The van der Waals surface area contributed by atoms with Crippen LogP contribution in [0.15, 0.2) is 54.3 Å². The number of benzene rings is 3. The summed E-state index contributed by atoms with van der Waals surface area (Å²) in [5, 5.41) is 10.1. The van der Waals surface area contributed by atoms with Gasteiger partial charge in [-0.05, 0) is 53.6 Å². The molecular weight excluding hydrogens is 440 g/mol. The van der Waals surface area contributed by atoms with Gasteiger partial charge in [0, 0.05) is 11.5 Å². The third kappa shape index (κ3) is 3.14. The summed E-state index contributed by atoms with van der Waals surface area (Å²) in [4.78, 5) is 25.5. The van der Waals surface area contributed by atoms with E-state index in [1.54, 1.807) is 36.4 Å². The number of ketones is 1. The summed E-state index contributed by atoms with van der Waals surface area (Å²) in [6, 6.07) is 13.5. The van der Waals surface area contributed by atoms with Gasteiger partial charge >= 0.3 is 5.97 Å². The first-order valence-electron chi connectivity index (χ1n) is 10.6. The molecule has 1 atom stereocenters. The lowest BCUT2D eigenvalue weighted by atomic mass is 9.84.